The molecule has 24 heavy (non-hydrogen) atoms. The van der Waals surface area contributed by atoms with E-state index in [1.165, 1.54) is 12.8 Å². The van der Waals surface area contributed by atoms with Crippen molar-refractivity contribution in [1.29, 1.82) is 0 Å². The van der Waals surface area contributed by atoms with Crippen LogP contribution in [0, 0.1) is 31.6 Å². The molecule has 4 rings (SSSR count). The van der Waals surface area contributed by atoms with E-state index >= 15 is 0 Å². The van der Waals surface area contributed by atoms with Gasteiger partial charge in [-0.1, -0.05) is 0 Å². The highest BCUT2D eigenvalue weighted by atomic mass is 16.5. The van der Waals surface area contributed by atoms with Crippen LogP contribution in [0.25, 0.3) is 11.3 Å². The van der Waals surface area contributed by atoms with Crippen molar-refractivity contribution >= 4 is 5.95 Å². The minimum Gasteiger partial charge on any atom is -0.497 e. The zero-order valence-corrected chi connectivity index (χ0v) is 13.8. The number of rotatable bonds is 4. The van der Waals surface area contributed by atoms with Gasteiger partial charge in [-0.15, -0.1) is 0 Å². The average molecular weight is 318 g/mol. The summed E-state index contributed by atoms with van der Waals surface area (Å²) in [7, 11) is 1.68. The van der Waals surface area contributed by atoms with E-state index in [0.29, 0.717) is 0 Å². The number of nitrogens with zero attached hydrogens (tertiary/aromatic N) is 3. The van der Waals surface area contributed by atoms with Crippen molar-refractivity contribution in [3.63, 3.8) is 0 Å². The van der Waals surface area contributed by atoms with E-state index < -0.39 is 0 Å². The molecule has 1 saturated carbocycles. The summed E-state index contributed by atoms with van der Waals surface area (Å²) in [5, 5.41) is 0. The number of ether oxygens (including phenoxy) is 1. The molecule has 0 bridgehead atoms. The van der Waals surface area contributed by atoms with Crippen LogP contribution in [0.1, 0.15) is 18.5 Å². The van der Waals surface area contributed by atoms with Crippen LogP contribution in [-0.4, -0.2) is 30.2 Å². The zero-order chi connectivity index (χ0) is 16.4. The van der Waals surface area contributed by atoms with Gasteiger partial charge < -0.3 is 9.64 Å². The van der Waals surface area contributed by atoms with Crippen LogP contribution < -0.4 is 9.64 Å². The monoisotopic (exact) mass is 318 g/mol. The molecule has 2 aromatic rings. The van der Waals surface area contributed by atoms with Gasteiger partial charge in [0.25, 0.3) is 0 Å². The molecule has 0 N–H and O–H groups in total. The normalized spacial score (nSPS) is 18.3. The highest BCUT2D eigenvalue weighted by Crippen LogP contribution is 2.33. The molecule has 1 saturated heterocycles. The molecule has 2 heterocycles. The first-order valence-corrected chi connectivity index (χ1v) is 8.34. The van der Waals surface area contributed by atoms with Crippen LogP contribution in [0.15, 0.2) is 30.3 Å². The number of hydrogen-bond acceptors (Lipinski definition) is 4. The van der Waals surface area contributed by atoms with E-state index in [1.54, 1.807) is 7.11 Å². The molecule has 0 spiro atoms. The standard InChI is InChI=1S/C20H20N3O/c1-24-17-10-8-16(9-11-17)19-14-18(15-6-2-3-7-15)21-20(22-19)23-12-4-5-13-23/h2-3,6-11,14H,4-5,12-13H2,1H3. The lowest BCUT2D eigenvalue weighted by atomic mass is 10.0. The highest BCUT2D eigenvalue weighted by Gasteiger charge is 2.24. The van der Waals surface area contributed by atoms with Crippen molar-refractivity contribution in [2.24, 2.45) is 0 Å². The Hall–Kier alpha value is -2.10. The Morgan fingerprint density at radius 3 is 2.25 bits per heavy atom. The Morgan fingerprint density at radius 1 is 0.917 bits per heavy atom. The molecule has 2 aliphatic rings. The molecule has 0 unspecified atom stereocenters. The second kappa shape index (κ2) is 6.80. The summed E-state index contributed by atoms with van der Waals surface area (Å²) >= 11 is 0. The number of anilines is 1. The van der Waals surface area contributed by atoms with Crippen LogP contribution in [0.2, 0.25) is 0 Å². The summed E-state index contributed by atoms with van der Waals surface area (Å²) < 4.78 is 5.25. The maximum atomic E-state index is 5.25. The van der Waals surface area contributed by atoms with Crippen molar-refractivity contribution in [3.05, 3.63) is 67.6 Å². The molecule has 1 aromatic heterocycles. The molecule has 1 aromatic carbocycles. The van der Waals surface area contributed by atoms with Crippen LogP contribution in [-0.2, 0) is 0 Å². The van der Waals surface area contributed by atoms with E-state index in [2.05, 4.69) is 23.8 Å². The average Bonchev–Trinajstić information content (AvgIpc) is 3.35. The van der Waals surface area contributed by atoms with Gasteiger partial charge in [0.2, 0.25) is 5.95 Å². The summed E-state index contributed by atoms with van der Waals surface area (Å²) in [6.07, 6.45) is 10.7. The van der Waals surface area contributed by atoms with Crippen molar-refractivity contribution in [2.75, 3.05) is 25.1 Å². The number of benzene rings is 1. The number of hydrogen-bond donors (Lipinski definition) is 0. The fourth-order valence-electron chi connectivity index (χ4n) is 3.10. The van der Waals surface area contributed by atoms with Gasteiger partial charge in [-0.3, -0.25) is 0 Å². The van der Waals surface area contributed by atoms with Gasteiger partial charge in [0.15, 0.2) is 0 Å². The quantitative estimate of drug-likeness (QED) is 0.865. The molecule has 4 heteroatoms. The van der Waals surface area contributed by atoms with Gasteiger partial charge in [-0.2, -0.15) is 0 Å². The van der Waals surface area contributed by atoms with E-state index in [-0.39, 0.29) is 0 Å². The van der Waals surface area contributed by atoms with Gasteiger partial charge in [-0.25, -0.2) is 9.97 Å². The maximum Gasteiger partial charge on any atom is 0.226 e. The van der Waals surface area contributed by atoms with E-state index in [4.69, 9.17) is 14.7 Å². The largest absolute Gasteiger partial charge is 0.497 e. The lowest BCUT2D eigenvalue weighted by Crippen LogP contribution is -2.21. The number of methoxy groups -OCH3 is 1. The molecular formula is C20H20N3O. The molecular weight excluding hydrogens is 298 g/mol. The second-order valence-electron chi connectivity index (χ2n) is 6.03. The van der Waals surface area contributed by atoms with Crippen LogP contribution >= 0.6 is 0 Å². The lowest BCUT2D eigenvalue weighted by Gasteiger charge is -2.19. The Labute approximate surface area is 143 Å². The summed E-state index contributed by atoms with van der Waals surface area (Å²) in [4.78, 5) is 11.9. The van der Waals surface area contributed by atoms with Crippen LogP contribution in [0.4, 0.5) is 5.95 Å². The van der Waals surface area contributed by atoms with Crippen LogP contribution in [0.5, 0.6) is 5.75 Å². The first kappa shape index (κ1) is 15.4. The molecule has 121 valence electrons. The van der Waals surface area contributed by atoms with Gasteiger partial charge >= 0.3 is 0 Å². The van der Waals surface area contributed by atoms with Crippen molar-refractivity contribution in [2.45, 2.75) is 12.8 Å². The van der Waals surface area contributed by atoms with Gasteiger partial charge in [0.1, 0.15) is 5.75 Å². The number of aromatic nitrogens is 2. The second-order valence-corrected chi connectivity index (χ2v) is 6.03. The third-order valence-corrected chi connectivity index (χ3v) is 4.45. The minimum absolute atomic E-state index is 0.831. The Kier molecular flexibility index (Phi) is 4.37. The van der Waals surface area contributed by atoms with Gasteiger partial charge in [0.05, 0.1) is 18.5 Å². The summed E-state index contributed by atoms with van der Waals surface area (Å²) in [5.41, 5.74) is 3.00. The van der Waals surface area contributed by atoms with E-state index in [9.17, 15) is 0 Å². The predicted octanol–water partition coefficient (Wildman–Crippen LogP) is 3.51. The van der Waals surface area contributed by atoms with Gasteiger partial charge in [-0.05, 0) is 68.9 Å². The summed E-state index contributed by atoms with van der Waals surface area (Å²) in [6, 6.07) is 10.1. The zero-order valence-electron chi connectivity index (χ0n) is 13.8. The fraction of sp³-hybridized carbons (Fsp3) is 0.250. The van der Waals surface area contributed by atoms with Crippen molar-refractivity contribution in [1.82, 2.24) is 9.97 Å². The topological polar surface area (TPSA) is 38.2 Å². The fourth-order valence-corrected chi connectivity index (χ4v) is 3.10. The molecule has 5 radical (unpaired) electrons. The molecule has 0 amide bonds. The SMILES string of the molecule is COc1ccc(-c2cc([C]3[CH][CH][CH][CH]3)nc(N3CCCC3)n2)cc1. The van der Waals surface area contributed by atoms with Crippen LogP contribution in [0.3, 0.4) is 0 Å². The third kappa shape index (κ3) is 3.10. The molecule has 0 atom stereocenters. The van der Waals surface area contributed by atoms with E-state index in [0.717, 1.165) is 47.7 Å². The Morgan fingerprint density at radius 2 is 1.58 bits per heavy atom. The highest BCUT2D eigenvalue weighted by molar-refractivity contribution is 5.64. The Balaban J connectivity index is 1.73. The lowest BCUT2D eigenvalue weighted by molar-refractivity contribution is 0.415. The first-order chi connectivity index (χ1) is 11.8. The van der Waals surface area contributed by atoms with Gasteiger partial charge in [0, 0.05) is 24.6 Å². The molecule has 1 aliphatic carbocycles. The third-order valence-electron chi connectivity index (χ3n) is 4.45. The molecule has 1 aliphatic heterocycles. The van der Waals surface area contributed by atoms with Crippen molar-refractivity contribution in [3.8, 4) is 17.0 Å². The molecule has 2 fully saturated rings. The Bertz CT molecular complexity index is 652. The minimum atomic E-state index is 0.831. The first-order valence-electron chi connectivity index (χ1n) is 8.34. The smallest absolute Gasteiger partial charge is 0.226 e. The summed E-state index contributed by atoms with van der Waals surface area (Å²) in [6.45, 7) is 2.07. The van der Waals surface area contributed by atoms with Crippen molar-refractivity contribution < 1.29 is 4.74 Å². The predicted molar refractivity (Wildman–Crippen MR) is 95.0 cm³/mol. The molecule has 4 nitrogen and oxygen atoms in total. The summed E-state index contributed by atoms with van der Waals surface area (Å²) in [5.74, 6) is 2.81. The maximum absolute atomic E-state index is 5.25. The van der Waals surface area contributed by atoms with E-state index in [1.807, 2.05) is 37.1 Å².